The first-order chi connectivity index (χ1) is 17.4. The molecule has 0 radical (unpaired) electrons. The topological polar surface area (TPSA) is 172 Å². The van der Waals surface area contributed by atoms with Crippen LogP contribution in [-0.2, 0) is 14.2 Å². The van der Waals surface area contributed by atoms with Crippen LogP contribution in [0, 0.1) is 0 Å². The van der Waals surface area contributed by atoms with Crippen LogP contribution in [0.15, 0.2) is 71.8 Å². The van der Waals surface area contributed by atoms with Crippen molar-refractivity contribution in [3.05, 3.63) is 88.5 Å². The first-order valence-corrected chi connectivity index (χ1v) is 11.0. The molecule has 36 heavy (non-hydrogen) atoms. The zero-order valence-corrected chi connectivity index (χ0v) is 18.7. The van der Waals surface area contributed by atoms with E-state index in [-0.39, 0.29) is 29.3 Å². The summed E-state index contributed by atoms with van der Waals surface area (Å²) in [6, 6.07) is 16.5. The molecule has 184 valence electrons. The number of hydrogen-bond donors (Lipinski definition) is 3. The number of nitrogens with one attached hydrogen (secondary N) is 1. The van der Waals surface area contributed by atoms with Crippen molar-refractivity contribution in [2.75, 3.05) is 12.3 Å². The molecule has 0 unspecified atom stereocenters. The van der Waals surface area contributed by atoms with Gasteiger partial charge < -0.3 is 25.1 Å². The minimum Gasteiger partial charge on any atom is -0.459 e. The van der Waals surface area contributed by atoms with Crippen molar-refractivity contribution < 1.29 is 28.9 Å². The van der Waals surface area contributed by atoms with E-state index < -0.39 is 42.0 Å². The second-order valence-electron chi connectivity index (χ2n) is 8.03. The van der Waals surface area contributed by atoms with Gasteiger partial charge in [-0.25, -0.2) is 14.6 Å². The number of nitrogen functional groups attached to an aromatic ring is 1. The van der Waals surface area contributed by atoms with Crippen molar-refractivity contribution in [1.29, 1.82) is 0 Å². The number of fused-ring (bicyclic) bond motifs is 1. The summed E-state index contributed by atoms with van der Waals surface area (Å²) in [6.07, 6.45) is -3.59. The number of nitrogens with two attached hydrogens (primary N) is 1. The summed E-state index contributed by atoms with van der Waals surface area (Å²) in [5, 5.41) is 11.1. The third kappa shape index (κ3) is 4.42. The summed E-state index contributed by atoms with van der Waals surface area (Å²) in [5.41, 5.74) is 5.74. The number of esters is 2. The number of carbonyl (C=O) groups excluding carboxylic acids is 2. The van der Waals surface area contributed by atoms with Crippen molar-refractivity contribution >= 4 is 29.1 Å². The minimum absolute atomic E-state index is 0.0169. The minimum atomic E-state index is -1.42. The van der Waals surface area contributed by atoms with Gasteiger partial charge in [-0.2, -0.15) is 4.98 Å². The number of anilines is 1. The van der Waals surface area contributed by atoms with Crippen LogP contribution in [0.5, 0.6) is 0 Å². The number of aliphatic hydroxyl groups excluding tert-OH is 1. The molecule has 1 aliphatic heterocycles. The summed E-state index contributed by atoms with van der Waals surface area (Å²) in [4.78, 5) is 47.9. The van der Waals surface area contributed by atoms with Crippen LogP contribution in [0.2, 0.25) is 0 Å². The Hall–Kier alpha value is -4.55. The highest BCUT2D eigenvalue weighted by Gasteiger charge is 2.48. The first kappa shape index (κ1) is 23.2. The fourth-order valence-electron chi connectivity index (χ4n) is 3.94. The number of aliphatic hydroxyl groups is 1. The molecule has 4 N–H and O–H groups in total. The lowest BCUT2D eigenvalue weighted by atomic mass is 10.1. The number of H-pyrrole nitrogens is 1. The Morgan fingerprint density at radius 1 is 1.06 bits per heavy atom. The molecule has 0 saturated carbocycles. The van der Waals surface area contributed by atoms with Gasteiger partial charge in [-0.15, -0.1) is 0 Å². The number of benzene rings is 2. The van der Waals surface area contributed by atoms with E-state index in [1.54, 1.807) is 60.7 Å². The van der Waals surface area contributed by atoms with Crippen molar-refractivity contribution in [1.82, 2.24) is 19.5 Å². The van der Waals surface area contributed by atoms with E-state index in [2.05, 4.69) is 15.0 Å². The maximum absolute atomic E-state index is 12.8. The van der Waals surface area contributed by atoms with Gasteiger partial charge in [-0.05, 0) is 24.3 Å². The molecule has 0 aliphatic carbocycles. The lowest BCUT2D eigenvalue weighted by Gasteiger charge is -2.20. The summed E-state index contributed by atoms with van der Waals surface area (Å²) in [5.74, 6) is -1.46. The van der Waals surface area contributed by atoms with Crippen LogP contribution >= 0.6 is 0 Å². The Bertz CT molecular complexity index is 1450. The Kier molecular flexibility index (Phi) is 6.19. The highest BCUT2D eigenvalue weighted by molar-refractivity contribution is 5.90. The maximum Gasteiger partial charge on any atom is 0.338 e. The molecule has 0 amide bonds. The van der Waals surface area contributed by atoms with Gasteiger partial charge in [0.25, 0.3) is 5.56 Å². The number of aromatic nitrogens is 4. The average molecular weight is 491 g/mol. The number of hydrogen-bond acceptors (Lipinski definition) is 10. The molecule has 1 aliphatic rings. The summed E-state index contributed by atoms with van der Waals surface area (Å²) in [6.45, 7) is -0.323. The molecule has 1 fully saturated rings. The van der Waals surface area contributed by atoms with Gasteiger partial charge in [0.2, 0.25) is 5.95 Å². The Morgan fingerprint density at radius 2 is 1.69 bits per heavy atom. The van der Waals surface area contributed by atoms with E-state index in [0.717, 1.165) is 0 Å². The number of imidazole rings is 1. The highest BCUT2D eigenvalue weighted by Crippen LogP contribution is 2.33. The summed E-state index contributed by atoms with van der Waals surface area (Å²) < 4.78 is 18.3. The van der Waals surface area contributed by atoms with E-state index in [1.807, 2.05) is 0 Å². The van der Waals surface area contributed by atoms with Crippen molar-refractivity contribution in [3.63, 3.8) is 0 Å². The molecule has 12 heteroatoms. The fourth-order valence-corrected chi connectivity index (χ4v) is 3.94. The molecule has 3 heterocycles. The Morgan fingerprint density at radius 3 is 2.36 bits per heavy atom. The lowest BCUT2D eigenvalue weighted by Crippen LogP contribution is -2.38. The van der Waals surface area contributed by atoms with Crippen molar-refractivity contribution in [3.8, 4) is 0 Å². The number of aromatic amines is 1. The smallest absolute Gasteiger partial charge is 0.338 e. The van der Waals surface area contributed by atoms with Gasteiger partial charge in [-0.3, -0.25) is 14.3 Å². The van der Waals surface area contributed by atoms with Crippen LogP contribution in [0.3, 0.4) is 0 Å². The van der Waals surface area contributed by atoms with Gasteiger partial charge in [0, 0.05) is 0 Å². The second-order valence-corrected chi connectivity index (χ2v) is 8.03. The third-order valence-corrected chi connectivity index (χ3v) is 5.68. The van der Waals surface area contributed by atoms with Crippen LogP contribution in [0.25, 0.3) is 11.2 Å². The Labute approximate surface area is 203 Å². The van der Waals surface area contributed by atoms with E-state index in [4.69, 9.17) is 19.9 Å². The van der Waals surface area contributed by atoms with Gasteiger partial charge in [-0.1, -0.05) is 36.4 Å². The van der Waals surface area contributed by atoms with E-state index >= 15 is 0 Å². The SMILES string of the molecule is Nc1nc2c(ncn2[C@@H]2O[C@H](COC(=O)c3ccccc3)[C@@H](OC(=O)c3ccccc3)[C@H]2O)c(=O)[nH]1. The van der Waals surface area contributed by atoms with Crippen molar-refractivity contribution in [2.45, 2.75) is 24.5 Å². The maximum atomic E-state index is 12.8. The number of carbonyl (C=O) groups is 2. The molecular formula is C24H21N5O7. The molecule has 2 aromatic heterocycles. The summed E-state index contributed by atoms with van der Waals surface area (Å²) >= 11 is 0. The molecular weight excluding hydrogens is 470 g/mol. The monoisotopic (exact) mass is 491 g/mol. The largest absolute Gasteiger partial charge is 0.459 e. The second kappa shape index (κ2) is 9.60. The first-order valence-electron chi connectivity index (χ1n) is 11.0. The number of ether oxygens (including phenoxy) is 3. The van der Waals surface area contributed by atoms with E-state index in [0.29, 0.717) is 5.56 Å². The molecule has 0 bridgehead atoms. The zero-order chi connectivity index (χ0) is 25.2. The molecule has 4 atom stereocenters. The third-order valence-electron chi connectivity index (χ3n) is 5.68. The molecule has 5 rings (SSSR count). The van der Waals surface area contributed by atoms with Crippen LogP contribution in [0.4, 0.5) is 5.95 Å². The van der Waals surface area contributed by atoms with Gasteiger partial charge >= 0.3 is 11.9 Å². The highest BCUT2D eigenvalue weighted by atomic mass is 16.6. The predicted molar refractivity (Wildman–Crippen MR) is 125 cm³/mol. The molecule has 1 saturated heterocycles. The Balaban J connectivity index is 1.43. The van der Waals surface area contributed by atoms with Gasteiger partial charge in [0.05, 0.1) is 17.5 Å². The quantitative estimate of drug-likeness (QED) is 0.331. The normalized spacial score (nSPS) is 21.4. The predicted octanol–water partition coefficient (Wildman–Crippen LogP) is 1.04. The molecule has 0 spiro atoms. The van der Waals surface area contributed by atoms with Gasteiger partial charge in [0.15, 0.2) is 23.5 Å². The van der Waals surface area contributed by atoms with Crippen LogP contribution in [-0.4, -0.2) is 61.5 Å². The van der Waals surface area contributed by atoms with Crippen LogP contribution < -0.4 is 11.3 Å². The average Bonchev–Trinajstić information content (AvgIpc) is 3.44. The van der Waals surface area contributed by atoms with Gasteiger partial charge in [0.1, 0.15) is 18.8 Å². The standard InChI is InChI=1S/C24H21N5O7/c25-24-27-19-16(20(31)28-24)26-12-29(19)21-17(30)18(36-23(33)14-9-5-2-6-10-14)15(35-21)11-34-22(32)13-7-3-1-4-8-13/h1-10,12,15,17-18,21,30H,11H2,(H3,25,27,28,31)/t15-,17-,18-,21-/m1/s1. The molecule has 12 nitrogen and oxygen atoms in total. The molecule has 4 aromatic rings. The lowest BCUT2D eigenvalue weighted by molar-refractivity contribution is -0.0585. The number of nitrogens with zero attached hydrogens (tertiary/aromatic N) is 3. The summed E-state index contributed by atoms with van der Waals surface area (Å²) in [7, 11) is 0. The fraction of sp³-hybridized carbons (Fsp3) is 0.208. The van der Waals surface area contributed by atoms with Crippen LogP contribution in [0.1, 0.15) is 26.9 Å². The number of rotatable bonds is 6. The van der Waals surface area contributed by atoms with E-state index in [1.165, 1.54) is 10.9 Å². The van der Waals surface area contributed by atoms with Crippen molar-refractivity contribution in [2.24, 2.45) is 0 Å². The zero-order valence-electron chi connectivity index (χ0n) is 18.7. The van der Waals surface area contributed by atoms with E-state index in [9.17, 15) is 19.5 Å². The molecule has 2 aromatic carbocycles.